The van der Waals surface area contributed by atoms with Crippen LogP contribution in [0.4, 0.5) is 4.39 Å². The number of ether oxygens (including phenoxy) is 1. The average Bonchev–Trinajstić information content (AvgIpc) is 3.09. The highest BCUT2D eigenvalue weighted by molar-refractivity contribution is 7.91. The Morgan fingerprint density at radius 2 is 1.92 bits per heavy atom. The van der Waals surface area contributed by atoms with Gasteiger partial charge in [-0.15, -0.1) is 11.3 Å². The number of nitrogens with one attached hydrogen (secondary N) is 2. The number of carbonyl (C=O) groups is 1. The zero-order valence-electron chi connectivity index (χ0n) is 13.7. The van der Waals surface area contributed by atoms with Crippen LogP contribution < -0.4 is 14.8 Å². The molecule has 2 rings (SSSR count). The van der Waals surface area contributed by atoms with E-state index in [9.17, 15) is 17.6 Å². The molecule has 0 aliphatic rings. The SMILES string of the molecule is CC(COc1ccc(F)cc1)NC(=O)C(C)NS(=O)(=O)c1cccs1. The van der Waals surface area contributed by atoms with Crippen molar-refractivity contribution in [2.45, 2.75) is 30.1 Å². The van der Waals surface area contributed by atoms with Crippen LogP contribution in [-0.4, -0.2) is 33.0 Å². The molecule has 2 N–H and O–H groups in total. The number of thiophene rings is 1. The van der Waals surface area contributed by atoms with Gasteiger partial charge in [0.15, 0.2) is 0 Å². The maximum atomic E-state index is 12.8. The molecule has 1 aromatic carbocycles. The molecule has 1 aromatic heterocycles. The van der Waals surface area contributed by atoms with Crippen LogP contribution in [0.25, 0.3) is 0 Å². The summed E-state index contributed by atoms with van der Waals surface area (Å²) in [5.74, 6) is -0.343. The first-order valence-corrected chi connectivity index (χ1v) is 9.89. The Kier molecular flexibility index (Phi) is 6.51. The van der Waals surface area contributed by atoms with Crippen molar-refractivity contribution in [1.29, 1.82) is 0 Å². The fourth-order valence-corrected chi connectivity index (χ4v) is 4.13. The van der Waals surface area contributed by atoms with Crippen LogP contribution in [0.5, 0.6) is 5.75 Å². The van der Waals surface area contributed by atoms with Gasteiger partial charge >= 0.3 is 0 Å². The minimum atomic E-state index is -3.72. The first kappa shape index (κ1) is 19.4. The zero-order valence-corrected chi connectivity index (χ0v) is 15.4. The van der Waals surface area contributed by atoms with Crippen molar-refractivity contribution in [3.63, 3.8) is 0 Å². The first-order chi connectivity index (χ1) is 11.8. The Labute approximate surface area is 150 Å². The number of rotatable bonds is 8. The van der Waals surface area contributed by atoms with Gasteiger partial charge in [0.1, 0.15) is 22.4 Å². The summed E-state index contributed by atoms with van der Waals surface area (Å²) in [6, 6.07) is 7.34. The molecule has 1 amide bonds. The van der Waals surface area contributed by atoms with Gasteiger partial charge in [-0.05, 0) is 49.6 Å². The van der Waals surface area contributed by atoms with Crippen molar-refractivity contribution < 1.29 is 22.3 Å². The molecule has 0 saturated heterocycles. The molecule has 9 heteroatoms. The van der Waals surface area contributed by atoms with Gasteiger partial charge in [0.2, 0.25) is 5.91 Å². The monoisotopic (exact) mass is 386 g/mol. The van der Waals surface area contributed by atoms with Crippen LogP contribution in [0, 0.1) is 5.82 Å². The number of hydrogen-bond acceptors (Lipinski definition) is 5. The van der Waals surface area contributed by atoms with Crippen LogP contribution in [0.3, 0.4) is 0 Å². The minimum Gasteiger partial charge on any atom is -0.491 e. The second-order valence-corrected chi connectivity index (χ2v) is 8.34. The van der Waals surface area contributed by atoms with E-state index in [1.165, 1.54) is 37.3 Å². The third-order valence-electron chi connectivity index (χ3n) is 3.19. The highest BCUT2D eigenvalue weighted by atomic mass is 32.2. The molecule has 2 aromatic rings. The largest absolute Gasteiger partial charge is 0.491 e. The molecule has 2 atom stereocenters. The van der Waals surface area contributed by atoms with Gasteiger partial charge in [0, 0.05) is 0 Å². The minimum absolute atomic E-state index is 0.153. The van der Waals surface area contributed by atoms with Gasteiger partial charge in [-0.25, -0.2) is 12.8 Å². The fraction of sp³-hybridized carbons (Fsp3) is 0.312. The number of amides is 1. The van der Waals surface area contributed by atoms with Gasteiger partial charge in [-0.3, -0.25) is 4.79 Å². The fourth-order valence-electron chi connectivity index (χ4n) is 1.92. The summed E-state index contributed by atoms with van der Waals surface area (Å²) in [6.07, 6.45) is 0. The quantitative estimate of drug-likeness (QED) is 0.728. The molecule has 0 bridgehead atoms. The van der Waals surface area contributed by atoms with Crippen molar-refractivity contribution in [2.75, 3.05) is 6.61 Å². The lowest BCUT2D eigenvalue weighted by Crippen LogP contribution is -2.48. The number of benzene rings is 1. The molecule has 0 spiro atoms. The van der Waals surface area contributed by atoms with Crippen LogP contribution in [0.2, 0.25) is 0 Å². The van der Waals surface area contributed by atoms with E-state index in [0.717, 1.165) is 11.3 Å². The number of carbonyl (C=O) groups excluding carboxylic acids is 1. The van der Waals surface area contributed by atoms with Crippen molar-refractivity contribution >= 4 is 27.3 Å². The first-order valence-electron chi connectivity index (χ1n) is 7.52. The standard InChI is InChI=1S/C16H19FN2O4S2/c1-11(10-23-14-7-5-13(17)6-8-14)18-16(20)12(2)19-25(21,22)15-4-3-9-24-15/h3-9,11-12,19H,10H2,1-2H3,(H,18,20). The van der Waals surface area contributed by atoms with Crippen molar-refractivity contribution in [3.8, 4) is 5.75 Å². The van der Waals surface area contributed by atoms with E-state index in [1.807, 2.05) is 0 Å². The Morgan fingerprint density at radius 1 is 1.24 bits per heavy atom. The molecule has 2 unspecified atom stereocenters. The molecular weight excluding hydrogens is 367 g/mol. The topological polar surface area (TPSA) is 84.5 Å². The van der Waals surface area contributed by atoms with E-state index in [1.54, 1.807) is 18.4 Å². The van der Waals surface area contributed by atoms with Gasteiger partial charge in [-0.2, -0.15) is 4.72 Å². The Balaban J connectivity index is 1.82. The van der Waals surface area contributed by atoms with E-state index < -0.39 is 22.0 Å². The van der Waals surface area contributed by atoms with E-state index in [2.05, 4.69) is 10.0 Å². The lowest BCUT2D eigenvalue weighted by atomic mass is 10.3. The smallest absolute Gasteiger partial charge is 0.250 e. The van der Waals surface area contributed by atoms with Gasteiger partial charge in [0.05, 0.1) is 12.1 Å². The molecule has 0 aliphatic carbocycles. The number of halogens is 1. The van der Waals surface area contributed by atoms with Crippen molar-refractivity contribution in [3.05, 3.63) is 47.6 Å². The van der Waals surface area contributed by atoms with Crippen LogP contribution in [-0.2, 0) is 14.8 Å². The predicted octanol–water partition coefficient (Wildman–Crippen LogP) is 2.14. The van der Waals surface area contributed by atoms with Gasteiger partial charge < -0.3 is 10.1 Å². The third-order valence-corrected chi connectivity index (χ3v) is 6.13. The Hall–Kier alpha value is -1.97. The van der Waals surface area contributed by atoms with E-state index >= 15 is 0 Å². The third kappa shape index (κ3) is 5.80. The van der Waals surface area contributed by atoms with Crippen molar-refractivity contribution in [2.24, 2.45) is 0 Å². The molecule has 0 aliphatic heterocycles. The van der Waals surface area contributed by atoms with Crippen molar-refractivity contribution in [1.82, 2.24) is 10.0 Å². The second-order valence-electron chi connectivity index (χ2n) is 5.45. The van der Waals surface area contributed by atoms with Crippen LogP contribution in [0.15, 0.2) is 46.0 Å². The number of hydrogen-bond donors (Lipinski definition) is 2. The summed E-state index contributed by atoms with van der Waals surface area (Å²) in [7, 11) is -3.72. The number of sulfonamides is 1. The molecule has 6 nitrogen and oxygen atoms in total. The normalized spacial score (nSPS) is 13.9. The summed E-state index contributed by atoms with van der Waals surface area (Å²) in [6.45, 7) is 3.36. The van der Waals surface area contributed by atoms with E-state index in [-0.39, 0.29) is 22.7 Å². The lowest BCUT2D eigenvalue weighted by molar-refractivity contribution is -0.123. The van der Waals surface area contributed by atoms with Gasteiger partial charge in [-0.1, -0.05) is 6.07 Å². The molecular formula is C16H19FN2O4S2. The lowest BCUT2D eigenvalue weighted by Gasteiger charge is -2.18. The van der Waals surface area contributed by atoms with E-state index in [0.29, 0.717) is 5.75 Å². The molecule has 136 valence electrons. The summed E-state index contributed by atoms with van der Waals surface area (Å²) in [5.41, 5.74) is 0. The van der Waals surface area contributed by atoms with Crippen LogP contribution in [0.1, 0.15) is 13.8 Å². The summed E-state index contributed by atoms with van der Waals surface area (Å²) >= 11 is 1.08. The Morgan fingerprint density at radius 3 is 2.52 bits per heavy atom. The van der Waals surface area contributed by atoms with Gasteiger partial charge in [0.25, 0.3) is 10.0 Å². The molecule has 1 heterocycles. The average molecular weight is 386 g/mol. The molecule has 0 fully saturated rings. The summed E-state index contributed by atoms with van der Waals surface area (Å²) in [5, 5.41) is 4.31. The van der Waals surface area contributed by atoms with E-state index in [4.69, 9.17) is 4.74 Å². The second kappa shape index (κ2) is 8.41. The molecule has 25 heavy (non-hydrogen) atoms. The highest BCUT2D eigenvalue weighted by Gasteiger charge is 2.23. The zero-order chi connectivity index (χ0) is 18.4. The summed E-state index contributed by atoms with van der Waals surface area (Å²) < 4.78 is 44.9. The molecule has 0 radical (unpaired) electrons. The highest BCUT2D eigenvalue weighted by Crippen LogP contribution is 2.15. The summed E-state index contributed by atoms with van der Waals surface area (Å²) in [4.78, 5) is 12.1. The maximum absolute atomic E-state index is 12.8. The Bertz CT molecular complexity index is 792. The molecule has 0 saturated carbocycles. The maximum Gasteiger partial charge on any atom is 0.250 e. The van der Waals surface area contributed by atoms with Crippen LogP contribution >= 0.6 is 11.3 Å². The predicted molar refractivity (Wildman–Crippen MR) is 93.6 cm³/mol.